The Morgan fingerprint density at radius 1 is 1.23 bits per heavy atom. The van der Waals surface area contributed by atoms with E-state index in [0.717, 1.165) is 29.1 Å². The van der Waals surface area contributed by atoms with Gasteiger partial charge in [-0.3, -0.25) is 4.68 Å². The highest BCUT2D eigenvalue weighted by molar-refractivity contribution is 6.30. The second-order valence-electron chi connectivity index (χ2n) is 5.61. The number of hydrogen-bond donors (Lipinski definition) is 0. The molecule has 0 aliphatic rings. The fraction of sp³-hybridized carbons (Fsp3) is 0.235. The number of rotatable bonds is 4. The van der Waals surface area contributed by atoms with Crippen LogP contribution in [0.5, 0.6) is 0 Å². The molecule has 0 saturated heterocycles. The number of halogens is 1. The van der Waals surface area contributed by atoms with Crippen molar-refractivity contribution >= 4 is 11.6 Å². The molecular formula is C17H17ClN4. The van der Waals surface area contributed by atoms with Gasteiger partial charge in [0.05, 0.1) is 5.69 Å². The van der Waals surface area contributed by atoms with Gasteiger partial charge in [0.1, 0.15) is 12.0 Å². The molecule has 0 fully saturated rings. The summed E-state index contributed by atoms with van der Waals surface area (Å²) in [6.07, 6.45) is 5.33. The lowest BCUT2D eigenvalue weighted by Gasteiger charge is -2.04. The van der Waals surface area contributed by atoms with Gasteiger partial charge < -0.3 is 0 Å². The average Bonchev–Trinajstić information content (AvgIpc) is 2.91. The van der Waals surface area contributed by atoms with Crippen molar-refractivity contribution < 1.29 is 0 Å². The molecule has 3 rings (SSSR count). The molecule has 0 amide bonds. The molecule has 0 spiro atoms. The van der Waals surface area contributed by atoms with Crippen LogP contribution in [-0.2, 0) is 6.54 Å². The smallest absolute Gasteiger partial charge is 0.116 e. The largest absolute Gasteiger partial charge is 0.271 e. The number of aromatic nitrogens is 4. The Morgan fingerprint density at radius 3 is 2.77 bits per heavy atom. The van der Waals surface area contributed by atoms with E-state index in [1.807, 2.05) is 41.2 Å². The molecule has 2 aromatic heterocycles. The van der Waals surface area contributed by atoms with E-state index >= 15 is 0 Å². The molecule has 2 heterocycles. The predicted molar refractivity (Wildman–Crippen MR) is 88.5 cm³/mol. The van der Waals surface area contributed by atoms with Gasteiger partial charge in [0.25, 0.3) is 0 Å². The fourth-order valence-corrected chi connectivity index (χ4v) is 2.57. The zero-order chi connectivity index (χ0) is 15.5. The van der Waals surface area contributed by atoms with E-state index in [2.05, 4.69) is 23.8 Å². The standard InChI is InChI=1S/C17H17ClN4/c1-12(2)9-22-10-15(16-6-7-19-11-20-16)17(21-22)13-4-3-5-14(18)8-13/h3-8,10-12H,9H2,1-2H3. The van der Waals surface area contributed by atoms with Crippen LogP contribution >= 0.6 is 11.6 Å². The summed E-state index contributed by atoms with van der Waals surface area (Å²) in [4.78, 5) is 8.34. The topological polar surface area (TPSA) is 43.6 Å². The zero-order valence-corrected chi connectivity index (χ0v) is 13.3. The summed E-state index contributed by atoms with van der Waals surface area (Å²) in [5.74, 6) is 0.519. The third-order valence-corrected chi connectivity index (χ3v) is 3.50. The van der Waals surface area contributed by atoms with Crippen LogP contribution in [-0.4, -0.2) is 19.7 Å². The summed E-state index contributed by atoms with van der Waals surface area (Å²) in [5.41, 5.74) is 3.73. The molecule has 0 saturated carbocycles. The Bertz CT molecular complexity index is 765. The van der Waals surface area contributed by atoms with Crippen molar-refractivity contribution in [1.82, 2.24) is 19.7 Å². The van der Waals surface area contributed by atoms with Gasteiger partial charge >= 0.3 is 0 Å². The maximum atomic E-state index is 6.12. The molecule has 0 aliphatic carbocycles. The molecule has 4 nitrogen and oxygen atoms in total. The second kappa shape index (κ2) is 6.28. The maximum absolute atomic E-state index is 6.12. The minimum atomic E-state index is 0.519. The van der Waals surface area contributed by atoms with Crippen LogP contribution in [0.4, 0.5) is 0 Å². The Balaban J connectivity index is 2.13. The lowest BCUT2D eigenvalue weighted by atomic mass is 10.1. The third kappa shape index (κ3) is 3.17. The van der Waals surface area contributed by atoms with Gasteiger partial charge in [0, 0.05) is 35.1 Å². The van der Waals surface area contributed by atoms with Crippen molar-refractivity contribution in [2.75, 3.05) is 0 Å². The van der Waals surface area contributed by atoms with Gasteiger partial charge in [0.2, 0.25) is 0 Å². The predicted octanol–water partition coefficient (Wildman–Crippen LogP) is 4.32. The summed E-state index contributed by atoms with van der Waals surface area (Å²) in [7, 11) is 0. The van der Waals surface area contributed by atoms with E-state index in [1.165, 1.54) is 0 Å². The molecule has 22 heavy (non-hydrogen) atoms. The van der Waals surface area contributed by atoms with Crippen molar-refractivity contribution in [1.29, 1.82) is 0 Å². The number of hydrogen-bond acceptors (Lipinski definition) is 3. The van der Waals surface area contributed by atoms with Crippen LogP contribution in [0.1, 0.15) is 13.8 Å². The Kier molecular flexibility index (Phi) is 4.20. The summed E-state index contributed by atoms with van der Waals surface area (Å²) >= 11 is 6.12. The Labute approximate surface area is 134 Å². The number of benzene rings is 1. The van der Waals surface area contributed by atoms with Gasteiger partial charge in [-0.05, 0) is 24.1 Å². The van der Waals surface area contributed by atoms with Crippen molar-refractivity contribution in [3.8, 4) is 22.5 Å². The summed E-state index contributed by atoms with van der Waals surface area (Å²) in [5, 5.41) is 5.43. The lowest BCUT2D eigenvalue weighted by Crippen LogP contribution is -2.04. The highest BCUT2D eigenvalue weighted by Gasteiger charge is 2.15. The van der Waals surface area contributed by atoms with Gasteiger partial charge in [-0.15, -0.1) is 0 Å². The second-order valence-corrected chi connectivity index (χ2v) is 6.05. The minimum Gasteiger partial charge on any atom is -0.271 e. The first-order valence-electron chi connectivity index (χ1n) is 7.23. The van der Waals surface area contributed by atoms with Crippen LogP contribution in [0.15, 0.2) is 49.1 Å². The molecule has 112 valence electrons. The van der Waals surface area contributed by atoms with Crippen LogP contribution in [0.3, 0.4) is 0 Å². The van der Waals surface area contributed by atoms with Gasteiger partial charge in [-0.1, -0.05) is 37.6 Å². The molecule has 0 bridgehead atoms. The molecule has 3 aromatic rings. The van der Waals surface area contributed by atoms with Gasteiger partial charge in [-0.2, -0.15) is 5.10 Å². The average molecular weight is 313 g/mol. The first-order chi connectivity index (χ1) is 10.6. The summed E-state index contributed by atoms with van der Waals surface area (Å²) in [6, 6.07) is 9.63. The van der Waals surface area contributed by atoms with Crippen molar-refractivity contribution in [2.24, 2.45) is 5.92 Å². The molecule has 0 atom stereocenters. The van der Waals surface area contributed by atoms with Crippen LogP contribution in [0.2, 0.25) is 5.02 Å². The molecule has 0 unspecified atom stereocenters. The van der Waals surface area contributed by atoms with E-state index in [4.69, 9.17) is 16.7 Å². The maximum Gasteiger partial charge on any atom is 0.116 e. The monoisotopic (exact) mass is 312 g/mol. The summed E-state index contributed by atoms with van der Waals surface area (Å²) < 4.78 is 1.97. The van der Waals surface area contributed by atoms with E-state index in [-0.39, 0.29) is 0 Å². The van der Waals surface area contributed by atoms with E-state index in [1.54, 1.807) is 12.5 Å². The fourth-order valence-electron chi connectivity index (χ4n) is 2.38. The first-order valence-corrected chi connectivity index (χ1v) is 7.61. The molecule has 0 radical (unpaired) electrons. The van der Waals surface area contributed by atoms with Crippen molar-refractivity contribution in [3.05, 3.63) is 54.1 Å². The Hall–Kier alpha value is -2.20. The first kappa shape index (κ1) is 14.7. The van der Waals surface area contributed by atoms with E-state index in [9.17, 15) is 0 Å². The molecule has 0 aliphatic heterocycles. The molecular weight excluding hydrogens is 296 g/mol. The third-order valence-electron chi connectivity index (χ3n) is 3.27. The molecule has 0 N–H and O–H groups in total. The van der Waals surface area contributed by atoms with Crippen LogP contribution in [0, 0.1) is 5.92 Å². The SMILES string of the molecule is CC(C)Cn1cc(-c2ccncn2)c(-c2cccc(Cl)c2)n1. The van der Waals surface area contributed by atoms with Crippen molar-refractivity contribution in [3.63, 3.8) is 0 Å². The lowest BCUT2D eigenvalue weighted by molar-refractivity contribution is 0.484. The highest BCUT2D eigenvalue weighted by atomic mass is 35.5. The molecule has 1 aromatic carbocycles. The van der Waals surface area contributed by atoms with E-state index in [0.29, 0.717) is 10.9 Å². The van der Waals surface area contributed by atoms with Crippen molar-refractivity contribution in [2.45, 2.75) is 20.4 Å². The van der Waals surface area contributed by atoms with Gasteiger partial charge in [0.15, 0.2) is 0 Å². The normalized spacial score (nSPS) is 11.1. The number of nitrogens with zero attached hydrogens (tertiary/aromatic N) is 4. The van der Waals surface area contributed by atoms with E-state index < -0.39 is 0 Å². The highest BCUT2D eigenvalue weighted by Crippen LogP contribution is 2.31. The molecule has 5 heteroatoms. The van der Waals surface area contributed by atoms with Crippen LogP contribution in [0.25, 0.3) is 22.5 Å². The Morgan fingerprint density at radius 2 is 2.09 bits per heavy atom. The van der Waals surface area contributed by atoms with Gasteiger partial charge in [-0.25, -0.2) is 9.97 Å². The summed E-state index contributed by atoms with van der Waals surface area (Å²) in [6.45, 7) is 5.20. The van der Waals surface area contributed by atoms with Crippen LogP contribution < -0.4 is 0 Å². The minimum absolute atomic E-state index is 0.519. The zero-order valence-electron chi connectivity index (χ0n) is 12.6. The quantitative estimate of drug-likeness (QED) is 0.720.